The number of hydrogen-bond acceptors (Lipinski definition) is 3. The number of aliphatic hydroxyl groups excluding tert-OH is 2. The van der Waals surface area contributed by atoms with Gasteiger partial charge in [0.05, 0.1) is 0 Å². The Morgan fingerprint density at radius 2 is 1.11 bits per heavy atom. The number of aliphatic hydroxyl groups is 2. The molecule has 3 rings (SSSR count). The molecule has 100 valence electrons. The van der Waals surface area contributed by atoms with E-state index in [0.29, 0.717) is 0 Å². The highest BCUT2D eigenvalue weighted by Gasteiger charge is 2.18. The van der Waals surface area contributed by atoms with Crippen LogP contribution in [0.15, 0.2) is 55.1 Å². The van der Waals surface area contributed by atoms with Crippen LogP contribution in [0.5, 0.6) is 11.5 Å². The van der Waals surface area contributed by atoms with E-state index in [4.69, 9.17) is 14.9 Å². The Balaban J connectivity index is 0.000000415. The Morgan fingerprint density at radius 3 is 1.53 bits per heavy atom. The van der Waals surface area contributed by atoms with Gasteiger partial charge >= 0.3 is 0 Å². The minimum Gasteiger partial charge on any atom is -0.456 e. The summed E-state index contributed by atoms with van der Waals surface area (Å²) in [4.78, 5) is 0. The fourth-order valence-electron chi connectivity index (χ4n) is 1.87. The van der Waals surface area contributed by atoms with E-state index in [9.17, 15) is 0 Å². The van der Waals surface area contributed by atoms with Crippen LogP contribution in [-0.4, -0.2) is 24.4 Å². The number of ether oxygens (including phenoxy) is 1. The van der Waals surface area contributed by atoms with E-state index in [2.05, 4.69) is 6.58 Å². The molecule has 0 spiro atoms. The smallest absolute Gasteiger partial charge is 0.135 e. The van der Waals surface area contributed by atoms with Gasteiger partial charge in [-0.15, -0.1) is 0 Å². The van der Waals surface area contributed by atoms with Gasteiger partial charge in [-0.05, 0) is 17.7 Å². The first-order valence-electron chi connectivity index (χ1n) is 5.81. The van der Waals surface area contributed by atoms with Crippen molar-refractivity contribution in [2.24, 2.45) is 0 Å². The Morgan fingerprint density at radius 1 is 0.737 bits per heavy atom. The monoisotopic (exact) mass is 258 g/mol. The molecule has 3 nitrogen and oxygen atoms in total. The fourth-order valence-corrected chi connectivity index (χ4v) is 1.87. The summed E-state index contributed by atoms with van der Waals surface area (Å²) in [6.45, 7) is 4.12. The molecule has 1 aliphatic heterocycles. The van der Waals surface area contributed by atoms with Crippen molar-refractivity contribution in [1.29, 1.82) is 0 Å². The molecule has 19 heavy (non-hydrogen) atoms. The zero-order valence-corrected chi connectivity index (χ0v) is 11.1. The molecule has 0 fully saturated rings. The third-order valence-electron chi connectivity index (χ3n) is 2.64. The van der Waals surface area contributed by atoms with Crippen LogP contribution in [0.1, 0.15) is 11.1 Å². The lowest BCUT2D eigenvalue weighted by atomic mass is 9.96. The van der Waals surface area contributed by atoms with E-state index in [1.807, 2.05) is 48.5 Å². The summed E-state index contributed by atoms with van der Waals surface area (Å²) in [5, 5.41) is 14.0. The van der Waals surface area contributed by atoms with Crippen LogP contribution < -0.4 is 4.74 Å². The van der Waals surface area contributed by atoms with Crippen LogP contribution in [0.3, 0.4) is 0 Å². The van der Waals surface area contributed by atoms with Crippen molar-refractivity contribution >= 4 is 5.57 Å². The highest BCUT2D eigenvalue weighted by atomic mass is 16.5. The minimum absolute atomic E-state index is 0.890. The summed E-state index contributed by atoms with van der Waals surface area (Å²) in [6, 6.07) is 16.0. The zero-order chi connectivity index (χ0) is 14.3. The predicted octanol–water partition coefficient (Wildman–Crippen LogP) is 3.07. The molecule has 2 aromatic rings. The van der Waals surface area contributed by atoms with Crippen LogP contribution in [0.25, 0.3) is 5.57 Å². The minimum atomic E-state index is 0.890. The van der Waals surface area contributed by atoms with Gasteiger partial charge < -0.3 is 14.9 Å². The lowest BCUT2D eigenvalue weighted by Crippen LogP contribution is -2.00. The highest BCUT2D eigenvalue weighted by Crippen LogP contribution is 2.41. The standard InChI is InChI=1S/C14H10O.2CH4O/c1-10-11-6-2-4-8-13(11)15-14-9-5-3-7-12(10)14;2*1-2/h2-9H,1H2;2*2H,1H3. The van der Waals surface area contributed by atoms with Crippen molar-refractivity contribution < 1.29 is 14.9 Å². The first kappa shape index (κ1) is 15.0. The van der Waals surface area contributed by atoms with E-state index < -0.39 is 0 Å². The van der Waals surface area contributed by atoms with Crippen molar-refractivity contribution in [3.63, 3.8) is 0 Å². The van der Waals surface area contributed by atoms with Crippen LogP contribution in [0.2, 0.25) is 0 Å². The number of fused-ring (bicyclic) bond motifs is 2. The van der Waals surface area contributed by atoms with Crippen molar-refractivity contribution in [1.82, 2.24) is 0 Å². The zero-order valence-electron chi connectivity index (χ0n) is 11.1. The maximum absolute atomic E-state index is 7.00. The molecule has 0 radical (unpaired) electrons. The summed E-state index contributed by atoms with van der Waals surface area (Å²) in [6.07, 6.45) is 0. The van der Waals surface area contributed by atoms with Crippen molar-refractivity contribution in [3.05, 3.63) is 66.2 Å². The summed E-state index contributed by atoms with van der Waals surface area (Å²) in [7, 11) is 2.00. The van der Waals surface area contributed by atoms with Gasteiger partial charge in [-0.2, -0.15) is 0 Å². The molecule has 1 heterocycles. The van der Waals surface area contributed by atoms with Crippen molar-refractivity contribution in [3.8, 4) is 11.5 Å². The van der Waals surface area contributed by atoms with Gasteiger partial charge in [0.1, 0.15) is 11.5 Å². The summed E-state index contributed by atoms with van der Waals surface area (Å²) < 4.78 is 5.79. The highest BCUT2D eigenvalue weighted by molar-refractivity contribution is 5.86. The fraction of sp³-hybridized carbons (Fsp3) is 0.125. The van der Waals surface area contributed by atoms with Gasteiger partial charge in [0, 0.05) is 25.3 Å². The molecule has 0 bridgehead atoms. The maximum atomic E-state index is 7.00. The Bertz CT molecular complexity index is 500. The molecule has 2 aromatic carbocycles. The van der Waals surface area contributed by atoms with Crippen molar-refractivity contribution in [2.75, 3.05) is 14.2 Å². The lowest BCUT2D eigenvalue weighted by Gasteiger charge is -2.21. The van der Waals surface area contributed by atoms with Gasteiger partial charge in [0.15, 0.2) is 0 Å². The van der Waals surface area contributed by atoms with E-state index in [-0.39, 0.29) is 0 Å². The van der Waals surface area contributed by atoms with E-state index in [0.717, 1.165) is 42.4 Å². The van der Waals surface area contributed by atoms with Gasteiger partial charge in [-0.3, -0.25) is 0 Å². The average Bonchev–Trinajstić information content (AvgIpc) is 2.52. The van der Waals surface area contributed by atoms with Gasteiger partial charge in [0.2, 0.25) is 0 Å². The Kier molecular flexibility index (Phi) is 5.79. The molecular weight excluding hydrogens is 240 g/mol. The SMILES string of the molecule is C=C1c2ccccc2Oc2ccccc21.CO.CO. The second-order valence-electron chi connectivity index (χ2n) is 3.57. The summed E-state index contributed by atoms with van der Waals surface area (Å²) >= 11 is 0. The van der Waals surface area contributed by atoms with E-state index in [1.165, 1.54) is 0 Å². The van der Waals surface area contributed by atoms with E-state index >= 15 is 0 Å². The maximum Gasteiger partial charge on any atom is 0.135 e. The number of rotatable bonds is 0. The van der Waals surface area contributed by atoms with Crippen LogP contribution in [0.4, 0.5) is 0 Å². The second-order valence-corrected chi connectivity index (χ2v) is 3.57. The van der Waals surface area contributed by atoms with Crippen LogP contribution in [-0.2, 0) is 0 Å². The molecule has 0 aromatic heterocycles. The largest absolute Gasteiger partial charge is 0.456 e. The molecule has 0 aliphatic carbocycles. The number of para-hydroxylation sites is 2. The van der Waals surface area contributed by atoms with Gasteiger partial charge in [-0.25, -0.2) is 0 Å². The van der Waals surface area contributed by atoms with Crippen LogP contribution in [0, 0.1) is 0 Å². The molecule has 2 N–H and O–H groups in total. The predicted molar refractivity (Wildman–Crippen MR) is 77.4 cm³/mol. The second kappa shape index (κ2) is 7.36. The van der Waals surface area contributed by atoms with Crippen molar-refractivity contribution in [2.45, 2.75) is 0 Å². The first-order valence-corrected chi connectivity index (χ1v) is 5.81. The molecule has 0 atom stereocenters. The molecule has 0 saturated heterocycles. The molecule has 0 unspecified atom stereocenters. The quantitative estimate of drug-likeness (QED) is 0.651. The van der Waals surface area contributed by atoms with Gasteiger partial charge in [0.25, 0.3) is 0 Å². The number of hydrogen-bond donors (Lipinski definition) is 2. The molecule has 1 aliphatic rings. The third-order valence-corrected chi connectivity index (χ3v) is 2.64. The summed E-state index contributed by atoms with van der Waals surface area (Å²) in [5.74, 6) is 1.78. The first-order chi connectivity index (χ1) is 9.36. The molecule has 0 saturated carbocycles. The average molecular weight is 258 g/mol. The lowest BCUT2D eigenvalue weighted by molar-refractivity contribution is 0.399. The summed E-state index contributed by atoms with van der Waals surface area (Å²) in [5.41, 5.74) is 3.19. The Hall–Kier alpha value is -2.10. The molecule has 0 amide bonds. The molecule has 3 heteroatoms. The third kappa shape index (κ3) is 3.02. The number of benzene rings is 2. The van der Waals surface area contributed by atoms with Crippen LogP contribution >= 0.6 is 0 Å². The normalized spacial score (nSPS) is 10.6. The topological polar surface area (TPSA) is 49.7 Å². The van der Waals surface area contributed by atoms with Gasteiger partial charge in [-0.1, -0.05) is 43.0 Å². The van der Waals surface area contributed by atoms with E-state index in [1.54, 1.807) is 0 Å². The Labute approximate surface area is 113 Å². The molecular formula is C16H18O3.